The zero-order valence-corrected chi connectivity index (χ0v) is 20.5. The summed E-state index contributed by atoms with van der Waals surface area (Å²) in [5.74, 6) is 3.30. The summed E-state index contributed by atoms with van der Waals surface area (Å²) in [5, 5.41) is 0. The quantitative estimate of drug-likeness (QED) is 0.461. The van der Waals surface area contributed by atoms with Crippen molar-refractivity contribution in [3.63, 3.8) is 0 Å². The van der Waals surface area contributed by atoms with Crippen LogP contribution in [0.5, 0.6) is 0 Å². The second kappa shape index (κ2) is 10.9. The van der Waals surface area contributed by atoms with Crippen molar-refractivity contribution >= 4 is 17.9 Å². The highest BCUT2D eigenvalue weighted by Gasteiger charge is 2.21. The normalized spacial score (nSPS) is 19.6. The lowest BCUT2D eigenvalue weighted by Crippen LogP contribution is -2.35. The Morgan fingerprint density at radius 2 is 0.710 bits per heavy atom. The summed E-state index contributed by atoms with van der Waals surface area (Å²) in [4.78, 5) is 30.5. The summed E-state index contributed by atoms with van der Waals surface area (Å²) in [6, 6.07) is 0. The van der Waals surface area contributed by atoms with Crippen LogP contribution in [0.4, 0.5) is 0 Å². The second-order valence-corrected chi connectivity index (χ2v) is 8.92. The van der Waals surface area contributed by atoms with Gasteiger partial charge in [0.2, 0.25) is 0 Å². The molecule has 0 aromatic carbocycles. The van der Waals surface area contributed by atoms with Crippen LogP contribution in [-0.4, -0.2) is 173 Å². The standard InChI is InChI=1S/C21H42N10/c1-25-13-14-26(2)19(25)22-7-10-31(11-8-23-20-27(3)15-16-28(20)4)12-9-24-21-29(5)17-18-30(21)6/h7-18H2,1-6H3. The number of hydrogen-bond acceptors (Lipinski definition) is 4. The molecule has 3 saturated heterocycles. The number of guanidine groups is 3. The fourth-order valence-electron chi connectivity index (χ4n) is 4.31. The van der Waals surface area contributed by atoms with Gasteiger partial charge in [-0.15, -0.1) is 0 Å². The highest BCUT2D eigenvalue weighted by molar-refractivity contribution is 5.82. The van der Waals surface area contributed by atoms with Crippen molar-refractivity contribution in [2.75, 3.05) is 121 Å². The fourth-order valence-corrected chi connectivity index (χ4v) is 4.31. The Labute approximate surface area is 188 Å². The van der Waals surface area contributed by atoms with Gasteiger partial charge in [0.25, 0.3) is 0 Å². The maximum atomic E-state index is 4.87. The fraction of sp³-hybridized carbons (Fsp3) is 0.857. The monoisotopic (exact) mass is 434 g/mol. The Morgan fingerprint density at radius 3 is 0.935 bits per heavy atom. The Hall–Kier alpha value is -2.23. The first kappa shape index (κ1) is 23.4. The smallest absolute Gasteiger partial charge is 0.196 e. The van der Waals surface area contributed by atoms with E-state index in [1.165, 1.54) is 0 Å². The molecule has 3 aliphatic rings. The Bertz CT molecular complexity index is 549. The minimum Gasteiger partial charge on any atom is -0.344 e. The molecule has 0 spiro atoms. The van der Waals surface area contributed by atoms with Gasteiger partial charge in [0.05, 0.1) is 19.6 Å². The molecular formula is C21H42N10. The van der Waals surface area contributed by atoms with Gasteiger partial charge < -0.3 is 29.4 Å². The van der Waals surface area contributed by atoms with Crippen LogP contribution < -0.4 is 0 Å². The van der Waals surface area contributed by atoms with Crippen LogP contribution >= 0.6 is 0 Å². The molecule has 0 aliphatic carbocycles. The first-order chi connectivity index (χ1) is 14.9. The third-order valence-corrected chi connectivity index (χ3v) is 6.37. The molecular weight excluding hydrogens is 392 g/mol. The molecule has 176 valence electrons. The van der Waals surface area contributed by atoms with Gasteiger partial charge in [-0.1, -0.05) is 0 Å². The lowest BCUT2D eigenvalue weighted by molar-refractivity contribution is 0.296. The van der Waals surface area contributed by atoms with Crippen molar-refractivity contribution in [3.05, 3.63) is 0 Å². The number of aliphatic imine (C=N–C) groups is 3. The van der Waals surface area contributed by atoms with Crippen LogP contribution in [0.1, 0.15) is 0 Å². The van der Waals surface area contributed by atoms with Crippen LogP contribution in [-0.2, 0) is 0 Å². The van der Waals surface area contributed by atoms with E-state index in [2.05, 4.69) is 76.6 Å². The average molecular weight is 435 g/mol. The van der Waals surface area contributed by atoms with E-state index in [0.717, 1.165) is 96.4 Å². The highest BCUT2D eigenvalue weighted by atomic mass is 15.4. The van der Waals surface area contributed by atoms with Crippen LogP contribution in [0.3, 0.4) is 0 Å². The number of nitrogens with zero attached hydrogens (tertiary/aromatic N) is 10. The topological polar surface area (TPSA) is 59.8 Å². The SMILES string of the molecule is CN1CCN(C)C1=NCCN(CCN=C1N(C)CCN1C)CCN=C1N(C)CCN1C. The highest BCUT2D eigenvalue weighted by Crippen LogP contribution is 2.06. The summed E-state index contributed by atoms with van der Waals surface area (Å²) in [6.45, 7) is 11.5. The molecule has 0 radical (unpaired) electrons. The van der Waals surface area contributed by atoms with Gasteiger partial charge in [-0.05, 0) is 0 Å². The van der Waals surface area contributed by atoms with Crippen molar-refractivity contribution in [1.29, 1.82) is 0 Å². The van der Waals surface area contributed by atoms with E-state index >= 15 is 0 Å². The van der Waals surface area contributed by atoms with Crippen molar-refractivity contribution in [1.82, 2.24) is 34.3 Å². The van der Waals surface area contributed by atoms with E-state index < -0.39 is 0 Å². The molecule has 0 bridgehead atoms. The Kier molecular flexibility index (Phi) is 8.22. The molecule has 10 heteroatoms. The maximum Gasteiger partial charge on any atom is 0.196 e. The maximum absolute atomic E-state index is 4.87. The molecule has 10 nitrogen and oxygen atoms in total. The lowest BCUT2D eigenvalue weighted by atomic mass is 10.4. The largest absolute Gasteiger partial charge is 0.344 e. The predicted octanol–water partition coefficient (Wildman–Crippen LogP) is -1.01. The van der Waals surface area contributed by atoms with Crippen LogP contribution in [0, 0.1) is 0 Å². The van der Waals surface area contributed by atoms with E-state index in [4.69, 9.17) is 15.0 Å². The van der Waals surface area contributed by atoms with E-state index in [1.807, 2.05) is 0 Å². The first-order valence-electron chi connectivity index (χ1n) is 11.5. The molecule has 3 fully saturated rings. The molecule has 0 aromatic heterocycles. The molecule has 0 amide bonds. The van der Waals surface area contributed by atoms with Crippen molar-refractivity contribution < 1.29 is 0 Å². The molecule has 0 saturated carbocycles. The summed E-state index contributed by atoms with van der Waals surface area (Å²) in [6.07, 6.45) is 0. The molecule has 0 unspecified atom stereocenters. The lowest BCUT2D eigenvalue weighted by Gasteiger charge is -2.23. The second-order valence-electron chi connectivity index (χ2n) is 8.92. The summed E-state index contributed by atoms with van der Waals surface area (Å²) in [7, 11) is 12.7. The third-order valence-electron chi connectivity index (χ3n) is 6.37. The minimum absolute atomic E-state index is 0.802. The van der Waals surface area contributed by atoms with Crippen molar-refractivity contribution in [3.8, 4) is 0 Å². The zero-order chi connectivity index (χ0) is 22.4. The van der Waals surface area contributed by atoms with Crippen molar-refractivity contribution in [2.24, 2.45) is 15.0 Å². The van der Waals surface area contributed by atoms with E-state index in [1.54, 1.807) is 0 Å². The van der Waals surface area contributed by atoms with Crippen molar-refractivity contribution in [2.45, 2.75) is 0 Å². The minimum atomic E-state index is 0.802. The van der Waals surface area contributed by atoms with E-state index in [0.29, 0.717) is 0 Å². The number of likely N-dealkylation sites (N-methyl/N-ethyl adjacent to an activating group) is 6. The molecule has 0 atom stereocenters. The Morgan fingerprint density at radius 1 is 0.484 bits per heavy atom. The number of hydrogen-bond donors (Lipinski definition) is 0. The van der Waals surface area contributed by atoms with Gasteiger partial charge in [0.15, 0.2) is 17.9 Å². The number of rotatable bonds is 9. The third kappa shape index (κ3) is 6.15. The Balaban J connectivity index is 1.55. The summed E-state index contributed by atoms with van der Waals surface area (Å²) >= 11 is 0. The van der Waals surface area contributed by atoms with Gasteiger partial charge >= 0.3 is 0 Å². The van der Waals surface area contributed by atoms with Gasteiger partial charge in [0.1, 0.15) is 0 Å². The predicted molar refractivity (Wildman–Crippen MR) is 129 cm³/mol. The molecule has 3 rings (SSSR count). The van der Waals surface area contributed by atoms with Crippen LogP contribution in [0.15, 0.2) is 15.0 Å². The van der Waals surface area contributed by atoms with Crippen LogP contribution in [0.25, 0.3) is 0 Å². The first-order valence-corrected chi connectivity index (χ1v) is 11.5. The molecule has 0 N–H and O–H groups in total. The van der Waals surface area contributed by atoms with Gasteiger partial charge in [0, 0.05) is 101 Å². The van der Waals surface area contributed by atoms with E-state index in [9.17, 15) is 0 Å². The molecule has 0 aromatic rings. The van der Waals surface area contributed by atoms with Gasteiger partial charge in [-0.25, -0.2) is 0 Å². The summed E-state index contributed by atoms with van der Waals surface area (Å²) in [5.41, 5.74) is 0. The molecule has 31 heavy (non-hydrogen) atoms. The summed E-state index contributed by atoms with van der Waals surface area (Å²) < 4.78 is 0. The zero-order valence-electron chi connectivity index (χ0n) is 20.5. The van der Waals surface area contributed by atoms with Gasteiger partial charge in [-0.2, -0.15) is 0 Å². The average Bonchev–Trinajstić information content (AvgIpc) is 3.35. The molecule has 3 aliphatic heterocycles. The van der Waals surface area contributed by atoms with Gasteiger partial charge in [-0.3, -0.25) is 19.9 Å². The van der Waals surface area contributed by atoms with E-state index in [-0.39, 0.29) is 0 Å². The molecule has 3 heterocycles. The van der Waals surface area contributed by atoms with Crippen LogP contribution in [0.2, 0.25) is 0 Å².